The van der Waals surface area contributed by atoms with Gasteiger partial charge in [0.15, 0.2) is 0 Å². The molecule has 0 spiro atoms. The number of carbonyl (C=O) groups excluding carboxylic acids is 1. The highest BCUT2D eigenvalue weighted by Crippen LogP contribution is 2.34. The third kappa shape index (κ3) is 4.90. The fraction of sp³-hybridized carbons (Fsp3) is 0.588. The number of nitro groups is 1. The average molecular weight is 415 g/mol. The molecule has 1 saturated carbocycles. The lowest BCUT2D eigenvalue weighted by Crippen LogP contribution is -2.50. The van der Waals surface area contributed by atoms with E-state index in [1.165, 1.54) is 31.2 Å². The summed E-state index contributed by atoms with van der Waals surface area (Å²) in [7, 11) is -1.12. The van der Waals surface area contributed by atoms with Crippen molar-refractivity contribution >= 4 is 27.3 Å². The zero-order valence-electron chi connectivity index (χ0n) is 16.1. The zero-order chi connectivity index (χ0) is 21.1. The van der Waals surface area contributed by atoms with Gasteiger partial charge in [0.25, 0.3) is 5.69 Å². The molecule has 0 aliphatic heterocycles. The number of aliphatic hydroxyl groups is 1. The largest absolute Gasteiger partial charge is 0.495 e. The third-order valence-electron chi connectivity index (χ3n) is 4.91. The number of sulfonamides is 1. The first kappa shape index (κ1) is 21.9. The van der Waals surface area contributed by atoms with E-state index in [9.17, 15) is 28.4 Å². The van der Waals surface area contributed by atoms with Crippen LogP contribution in [0.15, 0.2) is 18.2 Å². The van der Waals surface area contributed by atoms with Gasteiger partial charge in [-0.25, -0.2) is 8.42 Å². The number of carbonyl (C=O) groups is 1. The standard InChI is InChI=1S/C17H25N3O7S/c1-18(13-6-4-5-7-15(13)21)17(22)11-19(28(3,25)26)14-10-12(20(23)24)8-9-16(14)27-2/h8-10,13,15,21H,4-7,11H2,1-3H3. The van der Waals surface area contributed by atoms with Crippen LogP contribution >= 0.6 is 0 Å². The third-order valence-corrected chi connectivity index (χ3v) is 6.03. The molecule has 1 fully saturated rings. The minimum Gasteiger partial charge on any atom is -0.495 e. The van der Waals surface area contributed by atoms with E-state index in [0.717, 1.165) is 29.5 Å². The van der Waals surface area contributed by atoms with Crippen LogP contribution in [0.25, 0.3) is 0 Å². The molecule has 1 N–H and O–H groups in total. The second-order valence-electron chi connectivity index (χ2n) is 6.81. The Kier molecular flexibility index (Phi) is 6.83. The van der Waals surface area contributed by atoms with E-state index in [1.54, 1.807) is 0 Å². The van der Waals surface area contributed by atoms with Crippen molar-refractivity contribution in [2.24, 2.45) is 0 Å². The Bertz CT molecular complexity index is 843. The molecule has 1 aliphatic rings. The molecule has 1 aliphatic carbocycles. The van der Waals surface area contributed by atoms with E-state index < -0.39 is 39.5 Å². The van der Waals surface area contributed by atoms with Crippen LogP contribution < -0.4 is 9.04 Å². The molecule has 10 nitrogen and oxygen atoms in total. The summed E-state index contributed by atoms with van der Waals surface area (Å²) in [4.78, 5) is 24.6. The number of amides is 1. The Morgan fingerprint density at radius 2 is 2.00 bits per heavy atom. The van der Waals surface area contributed by atoms with Gasteiger partial charge in [0.2, 0.25) is 15.9 Å². The van der Waals surface area contributed by atoms with Crippen LogP contribution in [0.2, 0.25) is 0 Å². The van der Waals surface area contributed by atoms with Gasteiger partial charge in [0.1, 0.15) is 18.0 Å². The molecular weight excluding hydrogens is 390 g/mol. The number of likely N-dealkylation sites (N-methyl/N-ethyl adjacent to an activating group) is 1. The zero-order valence-corrected chi connectivity index (χ0v) is 16.9. The summed E-state index contributed by atoms with van der Waals surface area (Å²) in [6.07, 6.45) is 3.20. The van der Waals surface area contributed by atoms with E-state index in [-0.39, 0.29) is 17.1 Å². The Morgan fingerprint density at radius 3 is 2.54 bits per heavy atom. The molecule has 2 rings (SSSR count). The van der Waals surface area contributed by atoms with Crippen LogP contribution in [0.5, 0.6) is 5.75 Å². The molecule has 0 radical (unpaired) electrons. The van der Waals surface area contributed by atoms with Gasteiger partial charge in [-0.2, -0.15) is 0 Å². The van der Waals surface area contributed by atoms with E-state index in [2.05, 4.69) is 0 Å². The molecule has 1 aromatic carbocycles. The van der Waals surface area contributed by atoms with Gasteiger partial charge >= 0.3 is 0 Å². The predicted octanol–water partition coefficient (Wildman–Crippen LogP) is 1.13. The summed E-state index contributed by atoms with van der Waals surface area (Å²) in [5, 5.41) is 21.3. The van der Waals surface area contributed by atoms with E-state index >= 15 is 0 Å². The Hall–Kier alpha value is -2.40. The predicted molar refractivity (Wildman–Crippen MR) is 103 cm³/mol. The normalized spacial score (nSPS) is 19.7. The molecule has 0 aromatic heterocycles. The van der Waals surface area contributed by atoms with E-state index in [0.29, 0.717) is 12.8 Å². The number of aliphatic hydroxyl groups excluding tert-OH is 1. The van der Waals surface area contributed by atoms with E-state index in [4.69, 9.17) is 4.74 Å². The number of hydrogen-bond donors (Lipinski definition) is 1. The number of methoxy groups -OCH3 is 1. The highest BCUT2D eigenvalue weighted by Gasteiger charge is 2.32. The molecule has 1 amide bonds. The summed E-state index contributed by atoms with van der Waals surface area (Å²) in [5.74, 6) is -0.436. The molecule has 156 valence electrons. The average Bonchev–Trinajstić information content (AvgIpc) is 2.64. The second-order valence-corrected chi connectivity index (χ2v) is 8.71. The first-order valence-corrected chi connectivity index (χ1v) is 10.6. The molecule has 0 saturated heterocycles. The van der Waals surface area contributed by atoms with E-state index in [1.807, 2.05) is 0 Å². The Morgan fingerprint density at radius 1 is 1.36 bits per heavy atom. The number of nitrogens with zero attached hydrogens (tertiary/aromatic N) is 3. The van der Waals surface area contributed by atoms with Crippen LogP contribution in [0.4, 0.5) is 11.4 Å². The number of nitro benzene ring substituents is 1. The molecule has 0 bridgehead atoms. The Labute approximate surface area is 163 Å². The lowest BCUT2D eigenvalue weighted by Gasteiger charge is -2.36. The number of benzene rings is 1. The van der Waals surface area contributed by atoms with Crippen molar-refractivity contribution in [3.8, 4) is 5.75 Å². The van der Waals surface area contributed by atoms with Crippen molar-refractivity contribution in [3.63, 3.8) is 0 Å². The number of ether oxygens (including phenoxy) is 1. The van der Waals surface area contributed by atoms with Crippen molar-refractivity contribution in [2.45, 2.75) is 37.8 Å². The van der Waals surface area contributed by atoms with Gasteiger partial charge in [-0.05, 0) is 18.9 Å². The summed E-state index contributed by atoms with van der Waals surface area (Å²) in [6.45, 7) is -0.559. The quantitative estimate of drug-likeness (QED) is 0.522. The van der Waals surface area contributed by atoms with Crippen LogP contribution in [0.1, 0.15) is 25.7 Å². The topological polar surface area (TPSA) is 130 Å². The van der Waals surface area contributed by atoms with Crippen LogP contribution in [-0.4, -0.2) is 68.4 Å². The van der Waals surface area contributed by atoms with Gasteiger partial charge in [-0.3, -0.25) is 19.2 Å². The lowest BCUT2D eigenvalue weighted by molar-refractivity contribution is -0.384. The van der Waals surface area contributed by atoms with Crippen LogP contribution in [0, 0.1) is 10.1 Å². The molecule has 28 heavy (non-hydrogen) atoms. The minimum absolute atomic E-state index is 0.0872. The molecule has 0 heterocycles. The molecule has 2 atom stereocenters. The molecule has 11 heteroatoms. The number of non-ortho nitro benzene ring substituents is 1. The fourth-order valence-corrected chi connectivity index (χ4v) is 4.18. The van der Waals surface area contributed by atoms with Crippen molar-refractivity contribution in [1.82, 2.24) is 4.90 Å². The van der Waals surface area contributed by atoms with Gasteiger partial charge < -0.3 is 14.7 Å². The second kappa shape index (κ2) is 8.74. The molecule has 1 aromatic rings. The van der Waals surface area contributed by atoms with Crippen molar-refractivity contribution < 1.29 is 28.0 Å². The van der Waals surface area contributed by atoms with Gasteiger partial charge in [0, 0.05) is 19.2 Å². The fourth-order valence-electron chi connectivity index (χ4n) is 3.33. The maximum absolute atomic E-state index is 12.8. The SMILES string of the molecule is COc1ccc([N+](=O)[O-])cc1N(CC(=O)N(C)C1CCCCC1O)S(C)(=O)=O. The highest BCUT2D eigenvalue weighted by atomic mass is 32.2. The van der Waals surface area contributed by atoms with Crippen LogP contribution in [0.3, 0.4) is 0 Å². The Balaban J connectivity index is 2.36. The van der Waals surface area contributed by atoms with Gasteiger partial charge in [0.05, 0.1) is 30.4 Å². The monoisotopic (exact) mass is 415 g/mol. The maximum Gasteiger partial charge on any atom is 0.271 e. The summed E-state index contributed by atoms with van der Waals surface area (Å²) < 4.78 is 30.6. The van der Waals surface area contributed by atoms with Crippen molar-refractivity contribution in [3.05, 3.63) is 28.3 Å². The highest BCUT2D eigenvalue weighted by molar-refractivity contribution is 7.92. The first-order chi connectivity index (χ1) is 13.1. The first-order valence-electron chi connectivity index (χ1n) is 8.80. The van der Waals surface area contributed by atoms with Gasteiger partial charge in [-0.15, -0.1) is 0 Å². The van der Waals surface area contributed by atoms with Crippen LogP contribution in [-0.2, 0) is 14.8 Å². The van der Waals surface area contributed by atoms with Crippen molar-refractivity contribution in [1.29, 1.82) is 0 Å². The lowest BCUT2D eigenvalue weighted by atomic mass is 9.91. The number of anilines is 1. The smallest absolute Gasteiger partial charge is 0.271 e. The van der Waals surface area contributed by atoms with Crippen molar-refractivity contribution in [2.75, 3.05) is 31.3 Å². The number of hydrogen-bond acceptors (Lipinski definition) is 7. The summed E-state index contributed by atoms with van der Waals surface area (Å²) in [5.41, 5.74) is -0.418. The van der Waals surface area contributed by atoms with Gasteiger partial charge in [-0.1, -0.05) is 12.8 Å². The maximum atomic E-state index is 12.8. The minimum atomic E-state index is -3.95. The molecule has 2 unspecified atom stereocenters. The summed E-state index contributed by atoms with van der Waals surface area (Å²) in [6, 6.07) is 3.14. The summed E-state index contributed by atoms with van der Waals surface area (Å²) >= 11 is 0. The molecular formula is C17H25N3O7S. The number of rotatable bonds is 7.